The monoisotopic (exact) mass is 417 g/mol. The number of aryl methyl sites for hydroxylation is 1. The molecule has 0 saturated heterocycles. The van der Waals surface area contributed by atoms with Crippen molar-refractivity contribution in [3.05, 3.63) is 50.4 Å². The van der Waals surface area contributed by atoms with E-state index in [2.05, 4.69) is 25.5 Å². The molecule has 2 aromatic heterocycles. The summed E-state index contributed by atoms with van der Waals surface area (Å²) in [7, 11) is 0. The predicted molar refractivity (Wildman–Crippen MR) is 101 cm³/mol. The van der Waals surface area contributed by atoms with E-state index >= 15 is 0 Å². The third-order valence-corrected chi connectivity index (χ3v) is 3.98. The molecule has 2 heterocycles. The topological polar surface area (TPSA) is 142 Å². The summed E-state index contributed by atoms with van der Waals surface area (Å²) in [5.41, 5.74) is 1.74. The quantitative estimate of drug-likeness (QED) is 0.552. The maximum Gasteiger partial charge on any atom is 0.278 e. The Morgan fingerprint density at radius 3 is 2.69 bits per heavy atom. The predicted octanol–water partition coefficient (Wildman–Crippen LogP) is 1.80. The number of anilines is 1. The Kier molecular flexibility index (Phi) is 7.12. The van der Waals surface area contributed by atoms with Crippen LogP contribution < -0.4 is 16.0 Å². The molecule has 1 unspecified atom stereocenters. The van der Waals surface area contributed by atoms with Crippen LogP contribution in [0.1, 0.15) is 12.5 Å². The fraction of sp³-hybridized carbons (Fsp3) is 0.214. The van der Waals surface area contributed by atoms with Gasteiger partial charge in [-0.25, -0.2) is 4.98 Å². The minimum atomic E-state index is -2.36. The van der Waals surface area contributed by atoms with Crippen LogP contribution in [0.3, 0.4) is 0 Å². The summed E-state index contributed by atoms with van der Waals surface area (Å²) in [6, 6.07) is 5.35. The van der Waals surface area contributed by atoms with Gasteiger partial charge in [-0.05, 0) is 24.6 Å². The number of aromatic nitrogens is 4. The van der Waals surface area contributed by atoms with Crippen LogP contribution >= 0.6 is 23.2 Å². The fourth-order valence-electron chi connectivity index (χ4n) is 2.16. The molecule has 0 fully saturated rings. The highest BCUT2D eigenvalue weighted by Crippen LogP contribution is 2.22. The molecule has 0 saturated carbocycles. The summed E-state index contributed by atoms with van der Waals surface area (Å²) in [6.45, 7) is 3.00. The molecule has 0 spiro atoms. The van der Waals surface area contributed by atoms with Gasteiger partial charge in [0.1, 0.15) is 5.52 Å². The summed E-state index contributed by atoms with van der Waals surface area (Å²) >= 11 is 9.49. The number of hydrogen-bond acceptors (Lipinski definition) is 6. The number of benzene rings is 1. The van der Waals surface area contributed by atoms with Crippen molar-refractivity contribution in [1.29, 1.82) is 0 Å². The van der Waals surface area contributed by atoms with Crippen molar-refractivity contribution >= 4 is 51.5 Å². The molecule has 9 nitrogen and oxygen atoms in total. The Balaban J connectivity index is 0.000000552. The van der Waals surface area contributed by atoms with E-state index in [0.29, 0.717) is 40.1 Å². The van der Waals surface area contributed by atoms with Crippen LogP contribution in [0.25, 0.3) is 11.0 Å². The number of fused-ring (bicyclic) bond motifs is 1. The molecule has 0 aliphatic heterocycles. The Morgan fingerprint density at radius 1 is 1.38 bits per heavy atom. The Morgan fingerprint density at radius 2 is 2.08 bits per heavy atom. The van der Waals surface area contributed by atoms with Crippen LogP contribution in [0.4, 0.5) is 5.95 Å². The largest absolute Gasteiger partial charge is 0.760 e. The molecule has 26 heavy (non-hydrogen) atoms. The third kappa shape index (κ3) is 5.26. The van der Waals surface area contributed by atoms with E-state index in [-0.39, 0.29) is 5.56 Å². The molecule has 0 bridgehead atoms. The summed E-state index contributed by atoms with van der Waals surface area (Å²) in [4.78, 5) is 19.2. The number of H-pyrrole nitrogens is 1. The van der Waals surface area contributed by atoms with Gasteiger partial charge >= 0.3 is 0 Å². The molecule has 4 N–H and O–H groups in total. The van der Waals surface area contributed by atoms with Crippen molar-refractivity contribution in [1.82, 2.24) is 19.7 Å². The van der Waals surface area contributed by atoms with E-state index < -0.39 is 11.3 Å². The highest BCUT2D eigenvalue weighted by Gasteiger charge is 2.09. The minimum absolute atomic E-state index is 0.221. The van der Waals surface area contributed by atoms with Crippen molar-refractivity contribution in [2.45, 2.75) is 20.0 Å². The van der Waals surface area contributed by atoms with Gasteiger partial charge in [-0.15, -0.1) is 0 Å². The van der Waals surface area contributed by atoms with Gasteiger partial charge in [0.05, 0.1) is 16.2 Å². The van der Waals surface area contributed by atoms with Gasteiger partial charge in [0, 0.05) is 24.4 Å². The smallest absolute Gasteiger partial charge is 0.278 e. The maximum absolute atomic E-state index is 12.1. The first-order valence-corrected chi connectivity index (χ1v) is 9.18. The van der Waals surface area contributed by atoms with Gasteiger partial charge in [-0.2, -0.15) is 5.10 Å². The molecule has 0 aliphatic rings. The normalized spacial score (nSPS) is 11.7. The van der Waals surface area contributed by atoms with Gasteiger partial charge in [0.2, 0.25) is 5.95 Å². The average molecular weight is 418 g/mol. The Hall–Kier alpha value is -1.98. The van der Waals surface area contributed by atoms with E-state index in [1.807, 2.05) is 13.0 Å². The number of nitrogens with zero attached hydrogens (tertiary/aromatic N) is 3. The van der Waals surface area contributed by atoms with Gasteiger partial charge in [0.15, 0.2) is 5.52 Å². The number of hydrogen-bond donors (Lipinski definition) is 3. The zero-order chi connectivity index (χ0) is 19.3. The molecule has 1 aromatic carbocycles. The zero-order valence-electron chi connectivity index (χ0n) is 13.5. The van der Waals surface area contributed by atoms with Crippen LogP contribution in [-0.4, -0.2) is 28.5 Å². The van der Waals surface area contributed by atoms with Crippen molar-refractivity contribution in [3.8, 4) is 0 Å². The number of aromatic amines is 1. The lowest BCUT2D eigenvalue weighted by molar-refractivity contribution is 0.539. The summed E-state index contributed by atoms with van der Waals surface area (Å²) in [5.74, 6) is 0.388. The lowest BCUT2D eigenvalue weighted by Crippen LogP contribution is -2.15. The number of nitrogens with one attached hydrogen (secondary N) is 2. The van der Waals surface area contributed by atoms with Crippen molar-refractivity contribution < 1.29 is 8.76 Å². The molecule has 0 radical (unpaired) electrons. The van der Waals surface area contributed by atoms with Crippen LogP contribution in [0.2, 0.25) is 10.0 Å². The SMILES string of the molecule is CCn1ncc2nc(NCc3ccc(Cl)c(Cl)c3)[nH]c(=O)c21.NS(=O)[O-]. The second-order valence-corrected chi connectivity index (χ2v) is 6.31. The van der Waals surface area contributed by atoms with Crippen LogP contribution in [-0.2, 0) is 24.4 Å². The second-order valence-electron chi connectivity index (χ2n) is 4.97. The first kappa shape index (κ1) is 20.3. The molecule has 3 rings (SSSR count). The molecule has 1 atom stereocenters. The van der Waals surface area contributed by atoms with Gasteiger partial charge < -0.3 is 9.87 Å². The van der Waals surface area contributed by atoms with Crippen molar-refractivity contribution in [3.63, 3.8) is 0 Å². The lowest BCUT2D eigenvalue weighted by Gasteiger charge is -2.07. The van der Waals surface area contributed by atoms with E-state index in [9.17, 15) is 4.79 Å². The molecular formula is C14H15Cl2N6O3S-. The minimum Gasteiger partial charge on any atom is -0.760 e. The maximum atomic E-state index is 12.1. The molecule has 0 aliphatic carbocycles. The summed E-state index contributed by atoms with van der Waals surface area (Å²) < 4.78 is 19.2. The van der Waals surface area contributed by atoms with E-state index in [1.165, 1.54) is 0 Å². The molecule has 140 valence electrons. The van der Waals surface area contributed by atoms with Gasteiger partial charge in [-0.3, -0.25) is 23.8 Å². The lowest BCUT2D eigenvalue weighted by atomic mass is 10.2. The summed E-state index contributed by atoms with van der Waals surface area (Å²) in [5, 5.41) is 12.2. The van der Waals surface area contributed by atoms with Crippen molar-refractivity contribution in [2.75, 3.05) is 5.32 Å². The van der Waals surface area contributed by atoms with E-state index in [4.69, 9.17) is 32.0 Å². The first-order chi connectivity index (χ1) is 12.3. The highest BCUT2D eigenvalue weighted by molar-refractivity contribution is 7.76. The fourth-order valence-corrected chi connectivity index (χ4v) is 2.49. The van der Waals surface area contributed by atoms with Gasteiger partial charge in [-0.1, -0.05) is 29.3 Å². The molecule has 3 aromatic rings. The zero-order valence-corrected chi connectivity index (χ0v) is 15.9. The Labute approximate surface area is 160 Å². The molecule has 12 heteroatoms. The van der Waals surface area contributed by atoms with E-state index in [0.717, 1.165) is 5.56 Å². The standard InChI is InChI=1S/C14H13Cl2N5O.H3NO2S/c1-2-21-12-11(7-18-21)19-14(20-13(12)22)17-6-8-3-4-9(15)10(16)5-8;1-4(2)3/h3-5,7H,2,6H2,1H3,(H2,17,19,20,22);1H2,(H,2,3)/p-1. The number of halogens is 2. The molecule has 0 amide bonds. The number of rotatable bonds is 4. The Bertz CT molecular complexity index is 986. The second kappa shape index (κ2) is 9.10. The van der Waals surface area contributed by atoms with E-state index in [1.54, 1.807) is 23.0 Å². The van der Waals surface area contributed by atoms with Crippen LogP contribution in [0, 0.1) is 0 Å². The highest BCUT2D eigenvalue weighted by atomic mass is 35.5. The first-order valence-electron chi connectivity index (χ1n) is 7.29. The average Bonchev–Trinajstić information content (AvgIpc) is 2.99. The van der Waals surface area contributed by atoms with Crippen LogP contribution in [0.5, 0.6) is 0 Å². The summed E-state index contributed by atoms with van der Waals surface area (Å²) in [6.07, 6.45) is 1.58. The van der Waals surface area contributed by atoms with Gasteiger partial charge in [0.25, 0.3) is 5.56 Å². The van der Waals surface area contributed by atoms with Crippen molar-refractivity contribution in [2.24, 2.45) is 5.14 Å². The van der Waals surface area contributed by atoms with Crippen LogP contribution in [0.15, 0.2) is 29.2 Å². The third-order valence-electron chi connectivity index (χ3n) is 3.24. The number of nitrogens with two attached hydrogens (primary N) is 1. The molecular weight excluding hydrogens is 403 g/mol.